The number of carbonyl (C=O) groups excluding carboxylic acids is 1. The van der Waals surface area contributed by atoms with Gasteiger partial charge >= 0.3 is 5.97 Å². The molecule has 0 aromatic heterocycles. The van der Waals surface area contributed by atoms with Crippen LogP contribution in [0.4, 0.5) is 0 Å². The fourth-order valence-corrected chi connectivity index (χ4v) is 5.26. The highest BCUT2D eigenvalue weighted by molar-refractivity contribution is 7.95. The molecular weight excluding hydrogens is 462 g/mol. The van der Waals surface area contributed by atoms with Crippen LogP contribution in [0.25, 0.3) is 0 Å². The van der Waals surface area contributed by atoms with E-state index in [9.17, 15) is 4.79 Å². The third-order valence-corrected chi connectivity index (χ3v) is 7.97. The molecule has 0 aliphatic rings. The Balaban J connectivity index is 0. The molecule has 0 saturated carbocycles. The smallest absolute Gasteiger partial charge is 0.314 e. The van der Waals surface area contributed by atoms with Gasteiger partial charge in [0.2, 0.25) is 0 Å². The molecule has 0 atom stereocenters. The minimum atomic E-state index is -0.207. The van der Waals surface area contributed by atoms with Gasteiger partial charge in [0.25, 0.3) is 0 Å². The van der Waals surface area contributed by atoms with E-state index in [0.29, 0.717) is 0 Å². The lowest BCUT2D eigenvalue weighted by Gasteiger charge is -2.35. The van der Waals surface area contributed by atoms with E-state index in [0.717, 1.165) is 12.2 Å². The molecule has 218 valence electrons. The Labute approximate surface area is 233 Å². The Morgan fingerprint density at radius 3 is 1.17 bits per heavy atom. The van der Waals surface area contributed by atoms with Crippen molar-refractivity contribution < 1.29 is 13.5 Å². The first-order chi connectivity index (χ1) is 17.5. The normalized spacial score (nSPS) is 11.3. The first-order valence-electron chi connectivity index (χ1n) is 16.1. The highest BCUT2D eigenvalue weighted by Crippen LogP contribution is 2.16. The molecular formula is C32H68NO2S+. The van der Waals surface area contributed by atoms with Gasteiger partial charge in [0, 0.05) is 12.7 Å². The summed E-state index contributed by atoms with van der Waals surface area (Å²) in [4.78, 5) is 10.2. The molecule has 4 heteroatoms. The summed E-state index contributed by atoms with van der Waals surface area (Å²) in [7, 11) is 2.56. The second-order valence-electron chi connectivity index (χ2n) is 11.2. The predicted octanol–water partition coefficient (Wildman–Crippen LogP) is 10.9. The van der Waals surface area contributed by atoms with Crippen LogP contribution in [0.2, 0.25) is 0 Å². The molecule has 0 rings (SSSR count). The van der Waals surface area contributed by atoms with E-state index in [1.807, 2.05) is 0 Å². The van der Waals surface area contributed by atoms with Crippen LogP contribution in [0.15, 0.2) is 0 Å². The second kappa shape index (κ2) is 31.0. The van der Waals surface area contributed by atoms with Crippen molar-refractivity contribution in [2.24, 2.45) is 0 Å². The van der Waals surface area contributed by atoms with Crippen LogP contribution in [0, 0.1) is 0 Å². The van der Waals surface area contributed by atoms with Crippen molar-refractivity contribution in [3.63, 3.8) is 0 Å². The van der Waals surface area contributed by atoms with Crippen molar-refractivity contribution in [2.75, 3.05) is 32.4 Å². The Kier molecular flexibility index (Phi) is 32.7. The minimum Gasteiger partial charge on any atom is -0.392 e. The van der Waals surface area contributed by atoms with E-state index >= 15 is 0 Å². The van der Waals surface area contributed by atoms with Gasteiger partial charge in [0.15, 0.2) is 0 Å². The molecule has 0 saturated heterocycles. The van der Waals surface area contributed by atoms with Gasteiger partial charge in [0.1, 0.15) is 0 Å². The van der Waals surface area contributed by atoms with Crippen LogP contribution in [0.3, 0.4) is 0 Å². The molecule has 0 fully saturated rings. The Morgan fingerprint density at radius 2 is 0.833 bits per heavy atom. The van der Waals surface area contributed by atoms with Gasteiger partial charge in [-0.05, 0) is 44.9 Å². The lowest BCUT2D eigenvalue weighted by Crippen LogP contribution is -2.46. The molecule has 0 amide bonds. The number of quaternary nitrogens is 1. The summed E-state index contributed by atoms with van der Waals surface area (Å²) in [6.07, 6.45) is 29.4. The molecule has 0 N–H and O–H groups in total. The summed E-state index contributed by atoms with van der Waals surface area (Å²) in [5.74, 6) is 0.717. The van der Waals surface area contributed by atoms with Gasteiger partial charge in [-0.15, -0.1) is 0 Å². The molecule has 0 unspecified atom stereocenters. The maximum atomic E-state index is 10.2. The molecule has 0 aliphatic heterocycles. The number of hydrogen-bond acceptors (Lipinski definition) is 3. The first kappa shape index (κ1) is 37.9. The van der Waals surface area contributed by atoms with Gasteiger partial charge in [-0.25, -0.2) is 0 Å². The lowest BCUT2D eigenvalue weighted by molar-refractivity contribution is -0.910. The summed E-state index contributed by atoms with van der Waals surface area (Å²) < 4.78 is 6.02. The van der Waals surface area contributed by atoms with Crippen LogP contribution < -0.4 is 0 Å². The first-order valence-corrected chi connectivity index (χ1v) is 17.0. The van der Waals surface area contributed by atoms with E-state index < -0.39 is 0 Å². The van der Waals surface area contributed by atoms with Crippen LogP contribution in [0.5, 0.6) is 0 Å². The van der Waals surface area contributed by atoms with Gasteiger partial charge in [0.05, 0.1) is 38.7 Å². The minimum absolute atomic E-state index is 0.207. The number of nitrogens with zero attached hydrogens (tertiary/aromatic N) is 1. The average molecular weight is 531 g/mol. The average Bonchev–Trinajstić information content (AvgIpc) is 2.86. The van der Waals surface area contributed by atoms with Crippen molar-refractivity contribution in [3.8, 4) is 0 Å². The fraction of sp³-hybridized carbons (Fsp3) is 0.969. The SMILES string of the molecule is CCCCCCCC[N+](C)(CCCCCCCC)CCCCCCCC.CCCCCSOC(C)=O. The van der Waals surface area contributed by atoms with Crippen molar-refractivity contribution >= 4 is 18.0 Å². The number of carbonyl (C=O) groups is 1. The number of unbranched alkanes of at least 4 members (excludes halogenated alkanes) is 17. The van der Waals surface area contributed by atoms with E-state index in [1.165, 1.54) is 172 Å². The quantitative estimate of drug-likeness (QED) is 0.0632. The highest BCUT2D eigenvalue weighted by atomic mass is 32.2. The fourth-order valence-electron chi connectivity index (χ4n) is 4.69. The summed E-state index contributed by atoms with van der Waals surface area (Å²) in [6.45, 7) is 14.8. The van der Waals surface area contributed by atoms with Crippen LogP contribution in [-0.4, -0.2) is 42.9 Å². The maximum absolute atomic E-state index is 10.2. The standard InChI is InChI=1S/C25H54N.C7H14O2S/c1-5-8-11-14-17-20-23-26(4,24-21-18-15-12-9-6-2)25-22-19-16-13-10-7-3;1-3-4-5-6-10-9-7(2)8/h5-25H2,1-4H3;3-6H2,1-2H3/q+1;. The maximum Gasteiger partial charge on any atom is 0.314 e. The summed E-state index contributed by atoms with van der Waals surface area (Å²) in [5, 5.41) is 0. The summed E-state index contributed by atoms with van der Waals surface area (Å²) >= 11 is 1.25. The zero-order valence-electron chi connectivity index (χ0n) is 25.8. The van der Waals surface area contributed by atoms with Gasteiger partial charge < -0.3 is 8.67 Å². The van der Waals surface area contributed by atoms with Crippen molar-refractivity contribution in [3.05, 3.63) is 0 Å². The summed E-state index contributed by atoms with van der Waals surface area (Å²) in [5.41, 5.74) is 0. The molecule has 0 aromatic rings. The Hall–Kier alpha value is -0.220. The monoisotopic (exact) mass is 530 g/mol. The predicted molar refractivity (Wildman–Crippen MR) is 165 cm³/mol. The summed E-state index contributed by atoms with van der Waals surface area (Å²) in [6, 6.07) is 0. The van der Waals surface area contributed by atoms with Crippen molar-refractivity contribution in [1.29, 1.82) is 0 Å². The third-order valence-electron chi connectivity index (χ3n) is 7.16. The number of rotatable bonds is 26. The van der Waals surface area contributed by atoms with Crippen LogP contribution in [0.1, 0.15) is 169 Å². The molecule has 3 nitrogen and oxygen atoms in total. The lowest BCUT2D eigenvalue weighted by atomic mass is 10.1. The molecule has 36 heavy (non-hydrogen) atoms. The van der Waals surface area contributed by atoms with Crippen molar-refractivity contribution in [2.45, 2.75) is 169 Å². The van der Waals surface area contributed by atoms with Crippen LogP contribution >= 0.6 is 12.0 Å². The van der Waals surface area contributed by atoms with Crippen molar-refractivity contribution in [1.82, 2.24) is 0 Å². The van der Waals surface area contributed by atoms with E-state index in [1.54, 1.807) is 0 Å². The van der Waals surface area contributed by atoms with Gasteiger partial charge in [-0.1, -0.05) is 118 Å². The van der Waals surface area contributed by atoms with Gasteiger partial charge in [-0.3, -0.25) is 4.79 Å². The highest BCUT2D eigenvalue weighted by Gasteiger charge is 2.20. The number of hydrogen-bond donors (Lipinski definition) is 0. The Bertz CT molecular complexity index is 390. The zero-order chi connectivity index (χ0) is 27.2. The molecule has 0 spiro atoms. The van der Waals surface area contributed by atoms with Crippen LogP contribution in [-0.2, 0) is 8.98 Å². The topological polar surface area (TPSA) is 26.3 Å². The van der Waals surface area contributed by atoms with E-state index in [-0.39, 0.29) is 5.97 Å². The molecule has 0 aliphatic carbocycles. The van der Waals surface area contributed by atoms with Gasteiger partial charge in [-0.2, -0.15) is 0 Å². The molecule has 0 heterocycles. The Morgan fingerprint density at radius 1 is 0.528 bits per heavy atom. The molecule has 0 bridgehead atoms. The second-order valence-corrected chi connectivity index (χ2v) is 12.0. The third kappa shape index (κ3) is 31.8. The molecule has 0 aromatic carbocycles. The van der Waals surface area contributed by atoms with E-state index in [4.69, 9.17) is 0 Å². The largest absolute Gasteiger partial charge is 0.392 e. The van der Waals surface area contributed by atoms with E-state index in [2.05, 4.69) is 38.9 Å². The molecule has 0 radical (unpaired) electrons. The zero-order valence-corrected chi connectivity index (χ0v) is 26.7.